The van der Waals surface area contributed by atoms with Gasteiger partial charge in [-0.3, -0.25) is 9.69 Å². The minimum Gasteiger partial charge on any atom is -0.501 e. The van der Waals surface area contributed by atoms with E-state index in [4.69, 9.17) is 4.74 Å². The number of carbonyl (C=O) groups is 1. The number of β-amino-alcohol motifs (C(OH)–C–C–N with tert-alkyl or cyclic N) is 1. The van der Waals surface area contributed by atoms with Crippen LogP contribution in [0.4, 0.5) is 0 Å². The molecule has 2 aliphatic heterocycles. The number of hydrogen-bond donors (Lipinski definition) is 2. The predicted octanol–water partition coefficient (Wildman–Crippen LogP) is 1.56. The van der Waals surface area contributed by atoms with E-state index in [9.17, 15) is 9.90 Å². The Morgan fingerprint density at radius 3 is 2.87 bits per heavy atom. The van der Waals surface area contributed by atoms with E-state index in [1.54, 1.807) is 6.26 Å². The molecule has 1 unspecified atom stereocenters. The summed E-state index contributed by atoms with van der Waals surface area (Å²) in [7, 11) is 0. The zero-order valence-corrected chi connectivity index (χ0v) is 13.3. The van der Waals surface area contributed by atoms with Gasteiger partial charge in [-0.2, -0.15) is 0 Å². The Balaban J connectivity index is 1.59. The number of ether oxygens (including phenoxy) is 1. The number of likely N-dealkylation sites (tertiary alicyclic amines) is 1. The van der Waals surface area contributed by atoms with Crippen LogP contribution in [-0.2, 0) is 22.6 Å². The number of aliphatic hydroxyl groups excluding tert-OH is 1. The molecular weight excluding hydrogens is 292 g/mol. The maximum atomic E-state index is 12.2. The van der Waals surface area contributed by atoms with Gasteiger partial charge in [-0.15, -0.1) is 0 Å². The fourth-order valence-corrected chi connectivity index (χ4v) is 3.10. The number of amides is 1. The van der Waals surface area contributed by atoms with Gasteiger partial charge in [0.25, 0.3) is 5.91 Å². The molecule has 5 nitrogen and oxygen atoms in total. The quantitative estimate of drug-likeness (QED) is 0.865. The molecule has 3 rings (SSSR count). The molecule has 0 aliphatic carbocycles. The molecular formula is C18H24N2O3. The first-order chi connectivity index (χ1) is 11.2. The molecule has 0 spiro atoms. The molecule has 1 aromatic rings. The van der Waals surface area contributed by atoms with Gasteiger partial charge in [-0.05, 0) is 30.4 Å². The Bertz CT molecular complexity index is 585. The lowest BCUT2D eigenvalue weighted by atomic mass is 10.1. The predicted molar refractivity (Wildman–Crippen MR) is 87.5 cm³/mol. The Labute approximate surface area is 136 Å². The van der Waals surface area contributed by atoms with Crippen LogP contribution in [0.1, 0.15) is 30.4 Å². The van der Waals surface area contributed by atoms with Crippen LogP contribution in [-0.4, -0.2) is 41.7 Å². The Hall–Kier alpha value is -1.85. The Morgan fingerprint density at radius 2 is 2.17 bits per heavy atom. The van der Waals surface area contributed by atoms with Crippen LogP contribution in [0.2, 0.25) is 0 Å². The summed E-state index contributed by atoms with van der Waals surface area (Å²) in [6.07, 6.45) is 3.88. The summed E-state index contributed by atoms with van der Waals surface area (Å²) >= 11 is 0. The number of benzene rings is 1. The normalized spacial score (nSPS) is 21.6. The molecule has 1 fully saturated rings. The zero-order chi connectivity index (χ0) is 16.1. The minimum absolute atomic E-state index is 0.0453. The van der Waals surface area contributed by atoms with Gasteiger partial charge in [0.1, 0.15) is 0 Å². The first-order valence-corrected chi connectivity index (χ1v) is 8.28. The van der Waals surface area contributed by atoms with Crippen LogP contribution < -0.4 is 5.32 Å². The van der Waals surface area contributed by atoms with E-state index in [1.807, 2.05) is 18.2 Å². The van der Waals surface area contributed by atoms with Crippen LogP contribution in [0.5, 0.6) is 0 Å². The lowest BCUT2D eigenvalue weighted by molar-refractivity contribution is -0.118. The fourth-order valence-electron chi connectivity index (χ4n) is 3.10. The molecule has 2 aliphatic rings. The van der Waals surface area contributed by atoms with Crippen LogP contribution in [0, 0.1) is 0 Å². The van der Waals surface area contributed by atoms with Gasteiger partial charge in [0.15, 0.2) is 0 Å². The highest BCUT2D eigenvalue weighted by Gasteiger charge is 2.21. The summed E-state index contributed by atoms with van der Waals surface area (Å²) in [4.78, 5) is 14.4. The van der Waals surface area contributed by atoms with Crippen LogP contribution in [0.25, 0.3) is 0 Å². The standard InChI is InChI=1S/C18H24N2O3/c21-17-7-8-20(12-17)11-15-5-2-1-4-14(15)10-19-18(22)16-6-3-9-23-13-16/h1-2,4-5,13,17,21H,3,6-12H2,(H,19,22). The van der Waals surface area contributed by atoms with E-state index in [1.165, 1.54) is 5.56 Å². The summed E-state index contributed by atoms with van der Waals surface area (Å²) in [5, 5.41) is 12.6. The van der Waals surface area contributed by atoms with Crippen LogP contribution in [0.15, 0.2) is 36.1 Å². The van der Waals surface area contributed by atoms with Gasteiger partial charge in [0.05, 0.1) is 24.5 Å². The molecule has 2 N–H and O–H groups in total. The van der Waals surface area contributed by atoms with Gasteiger partial charge in [-0.1, -0.05) is 24.3 Å². The molecule has 2 heterocycles. The fraction of sp³-hybridized carbons (Fsp3) is 0.500. The topological polar surface area (TPSA) is 61.8 Å². The molecule has 0 bridgehead atoms. The smallest absolute Gasteiger partial charge is 0.250 e. The van der Waals surface area contributed by atoms with Crippen LogP contribution >= 0.6 is 0 Å². The molecule has 23 heavy (non-hydrogen) atoms. The third kappa shape index (κ3) is 4.33. The average Bonchev–Trinajstić information content (AvgIpc) is 2.99. The number of aliphatic hydroxyl groups is 1. The van der Waals surface area contributed by atoms with Crippen molar-refractivity contribution in [2.75, 3.05) is 19.7 Å². The summed E-state index contributed by atoms with van der Waals surface area (Å²) in [5.74, 6) is -0.0453. The zero-order valence-electron chi connectivity index (χ0n) is 13.3. The van der Waals surface area contributed by atoms with E-state index < -0.39 is 0 Å². The number of carbonyl (C=O) groups excluding carboxylic acids is 1. The molecule has 1 saturated heterocycles. The van der Waals surface area contributed by atoms with Crippen molar-refractivity contribution in [3.05, 3.63) is 47.2 Å². The maximum Gasteiger partial charge on any atom is 0.250 e. The van der Waals surface area contributed by atoms with Crippen molar-refractivity contribution in [3.8, 4) is 0 Å². The highest BCUT2D eigenvalue weighted by molar-refractivity contribution is 5.93. The van der Waals surface area contributed by atoms with Crippen molar-refractivity contribution < 1.29 is 14.6 Å². The highest BCUT2D eigenvalue weighted by Crippen LogP contribution is 2.17. The lowest BCUT2D eigenvalue weighted by Crippen LogP contribution is -2.27. The number of nitrogens with one attached hydrogen (secondary N) is 1. The molecule has 0 aromatic heterocycles. The van der Waals surface area contributed by atoms with Gasteiger partial charge >= 0.3 is 0 Å². The Morgan fingerprint density at radius 1 is 1.35 bits per heavy atom. The Kier molecular flexibility index (Phi) is 5.31. The first-order valence-electron chi connectivity index (χ1n) is 8.28. The monoisotopic (exact) mass is 316 g/mol. The van der Waals surface area contributed by atoms with E-state index in [2.05, 4.69) is 16.3 Å². The summed E-state index contributed by atoms with van der Waals surface area (Å²) in [5.41, 5.74) is 3.05. The van der Waals surface area contributed by atoms with Crippen molar-refractivity contribution in [1.82, 2.24) is 10.2 Å². The second-order valence-electron chi connectivity index (χ2n) is 6.25. The summed E-state index contributed by atoms with van der Waals surface area (Å²) in [6.45, 7) is 3.68. The van der Waals surface area contributed by atoms with Crippen LogP contribution in [0.3, 0.4) is 0 Å². The third-order valence-corrected chi connectivity index (χ3v) is 4.42. The number of rotatable bonds is 5. The third-order valence-electron chi connectivity index (χ3n) is 4.42. The molecule has 124 valence electrons. The largest absolute Gasteiger partial charge is 0.501 e. The van der Waals surface area contributed by atoms with Crippen molar-refractivity contribution >= 4 is 5.91 Å². The van der Waals surface area contributed by atoms with Crippen molar-refractivity contribution in [1.29, 1.82) is 0 Å². The molecule has 0 saturated carbocycles. The van der Waals surface area contributed by atoms with Crippen molar-refractivity contribution in [3.63, 3.8) is 0 Å². The number of nitrogens with zero attached hydrogens (tertiary/aromatic N) is 1. The van der Waals surface area contributed by atoms with Gasteiger partial charge in [0.2, 0.25) is 0 Å². The van der Waals surface area contributed by atoms with E-state index >= 15 is 0 Å². The van der Waals surface area contributed by atoms with Crippen molar-refractivity contribution in [2.45, 2.75) is 38.5 Å². The molecule has 1 atom stereocenters. The van der Waals surface area contributed by atoms with Gasteiger partial charge < -0.3 is 15.2 Å². The average molecular weight is 316 g/mol. The second-order valence-corrected chi connectivity index (χ2v) is 6.25. The summed E-state index contributed by atoms with van der Waals surface area (Å²) < 4.78 is 5.22. The van der Waals surface area contributed by atoms with Gasteiger partial charge in [-0.25, -0.2) is 0 Å². The lowest BCUT2D eigenvalue weighted by Gasteiger charge is -2.18. The van der Waals surface area contributed by atoms with Crippen molar-refractivity contribution in [2.24, 2.45) is 0 Å². The molecule has 1 amide bonds. The highest BCUT2D eigenvalue weighted by atomic mass is 16.5. The SMILES string of the molecule is O=C(NCc1ccccc1CN1CCC(O)C1)C1=COCCC1. The summed E-state index contributed by atoms with van der Waals surface area (Å²) in [6, 6.07) is 8.15. The van der Waals surface area contributed by atoms with E-state index in [0.29, 0.717) is 13.2 Å². The van der Waals surface area contributed by atoms with Gasteiger partial charge in [0, 0.05) is 26.2 Å². The molecule has 5 heteroatoms. The second kappa shape index (κ2) is 7.62. The van der Waals surface area contributed by atoms with E-state index in [-0.39, 0.29) is 12.0 Å². The minimum atomic E-state index is -0.208. The molecule has 0 radical (unpaired) electrons. The molecule has 1 aromatic carbocycles. The first kappa shape index (κ1) is 16.0. The van der Waals surface area contributed by atoms with E-state index in [0.717, 1.165) is 50.0 Å². The maximum absolute atomic E-state index is 12.2. The number of hydrogen-bond acceptors (Lipinski definition) is 4.